The molecule has 0 unspecified atom stereocenters. The first-order valence-corrected chi connectivity index (χ1v) is 9.06. The van der Waals surface area contributed by atoms with Gasteiger partial charge in [0.2, 0.25) is 11.8 Å². The standard InChI is InChI=1S/C20H23ClN2O2/c1-3-18(14-5-4-6-17(21)10-14)19(24)22-12-16-9-15(13-7-8-13)11-23-20(16)25-2/h4-6,9-11,13,18H,3,7-8,12H2,1-2H3,(H,22,24)/t18-/m0/s1. The Morgan fingerprint density at radius 2 is 2.20 bits per heavy atom. The lowest BCUT2D eigenvalue weighted by Gasteiger charge is -2.17. The maximum atomic E-state index is 12.7. The summed E-state index contributed by atoms with van der Waals surface area (Å²) in [4.78, 5) is 17.1. The third kappa shape index (κ3) is 4.31. The van der Waals surface area contributed by atoms with Crippen LogP contribution in [-0.4, -0.2) is 18.0 Å². The van der Waals surface area contributed by atoms with E-state index in [1.165, 1.54) is 18.4 Å². The van der Waals surface area contributed by atoms with Crippen LogP contribution in [0, 0.1) is 0 Å². The smallest absolute Gasteiger partial charge is 0.227 e. The number of nitrogens with zero attached hydrogens (tertiary/aromatic N) is 1. The Labute approximate surface area is 153 Å². The minimum Gasteiger partial charge on any atom is -0.481 e. The molecule has 0 bridgehead atoms. The van der Waals surface area contributed by atoms with Gasteiger partial charge in [-0.1, -0.05) is 30.7 Å². The van der Waals surface area contributed by atoms with Crippen molar-refractivity contribution in [2.75, 3.05) is 7.11 Å². The van der Waals surface area contributed by atoms with Gasteiger partial charge in [0.15, 0.2) is 0 Å². The highest BCUT2D eigenvalue weighted by Crippen LogP contribution is 2.40. The van der Waals surface area contributed by atoms with Gasteiger partial charge in [0, 0.05) is 23.3 Å². The molecule has 1 amide bonds. The van der Waals surface area contributed by atoms with Crippen molar-refractivity contribution >= 4 is 17.5 Å². The number of benzene rings is 1. The number of halogens is 1. The van der Waals surface area contributed by atoms with Gasteiger partial charge in [0.1, 0.15) is 0 Å². The third-order valence-corrected chi connectivity index (χ3v) is 4.85. The molecule has 5 heteroatoms. The maximum absolute atomic E-state index is 12.7. The molecule has 1 aromatic carbocycles. The summed E-state index contributed by atoms with van der Waals surface area (Å²) in [5, 5.41) is 3.67. The molecule has 0 aliphatic heterocycles. The molecule has 2 aromatic rings. The molecule has 0 saturated heterocycles. The van der Waals surface area contributed by atoms with E-state index in [1.807, 2.05) is 37.4 Å². The van der Waals surface area contributed by atoms with Gasteiger partial charge in [-0.15, -0.1) is 0 Å². The number of aromatic nitrogens is 1. The summed E-state index contributed by atoms with van der Waals surface area (Å²) in [5.74, 6) is 0.955. The second-order valence-corrected chi connectivity index (χ2v) is 6.88. The van der Waals surface area contributed by atoms with Crippen LogP contribution in [0.5, 0.6) is 5.88 Å². The number of nitrogens with one attached hydrogen (secondary N) is 1. The number of amides is 1. The van der Waals surface area contributed by atoms with E-state index in [-0.39, 0.29) is 11.8 Å². The second kappa shape index (κ2) is 7.87. The number of hydrogen-bond donors (Lipinski definition) is 1. The van der Waals surface area contributed by atoms with Crippen LogP contribution in [0.2, 0.25) is 5.02 Å². The fourth-order valence-corrected chi connectivity index (χ4v) is 3.27. The van der Waals surface area contributed by atoms with Crippen molar-refractivity contribution in [3.8, 4) is 5.88 Å². The quantitative estimate of drug-likeness (QED) is 0.796. The summed E-state index contributed by atoms with van der Waals surface area (Å²) in [6.45, 7) is 2.41. The number of carbonyl (C=O) groups excluding carboxylic acids is 1. The van der Waals surface area contributed by atoms with E-state index in [2.05, 4.69) is 16.4 Å². The molecular weight excluding hydrogens is 336 g/mol. The SMILES string of the molecule is CC[C@H](C(=O)NCc1cc(C2CC2)cnc1OC)c1cccc(Cl)c1. The zero-order valence-corrected chi connectivity index (χ0v) is 15.3. The molecule has 1 atom stereocenters. The predicted molar refractivity (Wildman–Crippen MR) is 99.1 cm³/mol. The third-order valence-electron chi connectivity index (χ3n) is 4.62. The van der Waals surface area contributed by atoms with E-state index >= 15 is 0 Å². The van der Waals surface area contributed by atoms with Crippen LogP contribution in [-0.2, 0) is 11.3 Å². The van der Waals surface area contributed by atoms with Crippen LogP contribution in [0.15, 0.2) is 36.5 Å². The van der Waals surface area contributed by atoms with Crippen molar-refractivity contribution in [1.82, 2.24) is 10.3 Å². The molecule has 1 fully saturated rings. The molecule has 1 saturated carbocycles. The molecular formula is C20H23ClN2O2. The van der Waals surface area contributed by atoms with Crippen LogP contribution in [0.4, 0.5) is 0 Å². The average Bonchev–Trinajstić information content (AvgIpc) is 3.45. The summed E-state index contributed by atoms with van der Waals surface area (Å²) in [6.07, 6.45) is 5.02. The Balaban J connectivity index is 1.71. The Morgan fingerprint density at radius 1 is 1.40 bits per heavy atom. The van der Waals surface area contributed by atoms with E-state index in [1.54, 1.807) is 7.11 Å². The van der Waals surface area contributed by atoms with Crippen LogP contribution < -0.4 is 10.1 Å². The summed E-state index contributed by atoms with van der Waals surface area (Å²) in [5.41, 5.74) is 3.08. The number of pyridine rings is 1. The summed E-state index contributed by atoms with van der Waals surface area (Å²) < 4.78 is 5.34. The minimum atomic E-state index is -0.218. The summed E-state index contributed by atoms with van der Waals surface area (Å²) in [7, 11) is 1.60. The Hall–Kier alpha value is -2.07. The Bertz CT molecular complexity index is 759. The molecule has 1 aromatic heterocycles. The molecule has 1 heterocycles. The zero-order chi connectivity index (χ0) is 17.8. The normalized spacial score (nSPS) is 14.8. The van der Waals surface area contributed by atoms with Gasteiger partial charge in [0.05, 0.1) is 13.0 Å². The van der Waals surface area contributed by atoms with Gasteiger partial charge in [-0.3, -0.25) is 4.79 Å². The van der Waals surface area contributed by atoms with Crippen molar-refractivity contribution in [3.05, 3.63) is 58.2 Å². The largest absolute Gasteiger partial charge is 0.481 e. The molecule has 4 nitrogen and oxygen atoms in total. The van der Waals surface area contributed by atoms with Crippen LogP contribution >= 0.6 is 11.6 Å². The Morgan fingerprint density at radius 3 is 2.84 bits per heavy atom. The predicted octanol–water partition coefficient (Wildman–Crippen LogP) is 4.43. The molecule has 1 N–H and O–H groups in total. The molecule has 132 valence electrons. The molecule has 3 rings (SSSR count). The van der Waals surface area contributed by atoms with Crippen molar-refractivity contribution < 1.29 is 9.53 Å². The lowest BCUT2D eigenvalue weighted by molar-refractivity contribution is -0.122. The van der Waals surface area contributed by atoms with Gasteiger partial charge in [-0.05, 0) is 54.5 Å². The molecule has 1 aliphatic carbocycles. The lowest BCUT2D eigenvalue weighted by atomic mass is 9.95. The van der Waals surface area contributed by atoms with Crippen molar-refractivity contribution in [2.45, 2.75) is 44.6 Å². The fourth-order valence-electron chi connectivity index (χ4n) is 3.07. The highest BCUT2D eigenvalue weighted by atomic mass is 35.5. The first-order chi connectivity index (χ1) is 12.1. The summed E-state index contributed by atoms with van der Waals surface area (Å²) in [6, 6.07) is 9.58. The highest BCUT2D eigenvalue weighted by Gasteiger charge is 2.25. The number of rotatable bonds is 7. The number of ether oxygens (including phenoxy) is 1. The minimum absolute atomic E-state index is 0.0105. The topological polar surface area (TPSA) is 51.2 Å². The molecule has 1 aliphatic rings. The first kappa shape index (κ1) is 17.7. The lowest BCUT2D eigenvalue weighted by Crippen LogP contribution is -2.29. The number of carbonyl (C=O) groups is 1. The second-order valence-electron chi connectivity index (χ2n) is 6.44. The monoisotopic (exact) mass is 358 g/mol. The van der Waals surface area contributed by atoms with Gasteiger partial charge >= 0.3 is 0 Å². The van der Waals surface area contributed by atoms with E-state index in [9.17, 15) is 4.79 Å². The van der Waals surface area contributed by atoms with Gasteiger partial charge in [-0.2, -0.15) is 0 Å². The fraction of sp³-hybridized carbons (Fsp3) is 0.400. The van der Waals surface area contributed by atoms with E-state index < -0.39 is 0 Å². The van der Waals surface area contributed by atoms with Crippen molar-refractivity contribution in [2.24, 2.45) is 0 Å². The maximum Gasteiger partial charge on any atom is 0.227 e. The van der Waals surface area contributed by atoms with Crippen molar-refractivity contribution in [3.63, 3.8) is 0 Å². The number of hydrogen-bond acceptors (Lipinski definition) is 3. The van der Waals surface area contributed by atoms with E-state index in [0.717, 1.165) is 11.1 Å². The van der Waals surface area contributed by atoms with E-state index in [0.29, 0.717) is 29.8 Å². The Kier molecular flexibility index (Phi) is 5.59. The summed E-state index contributed by atoms with van der Waals surface area (Å²) >= 11 is 6.06. The average molecular weight is 359 g/mol. The van der Waals surface area contributed by atoms with Gasteiger partial charge in [0.25, 0.3) is 0 Å². The zero-order valence-electron chi connectivity index (χ0n) is 14.6. The van der Waals surface area contributed by atoms with Crippen LogP contribution in [0.1, 0.15) is 54.7 Å². The van der Waals surface area contributed by atoms with Crippen molar-refractivity contribution in [1.29, 1.82) is 0 Å². The molecule has 0 radical (unpaired) electrons. The van der Waals surface area contributed by atoms with E-state index in [4.69, 9.17) is 16.3 Å². The van der Waals surface area contributed by atoms with Crippen LogP contribution in [0.25, 0.3) is 0 Å². The highest BCUT2D eigenvalue weighted by molar-refractivity contribution is 6.30. The van der Waals surface area contributed by atoms with Gasteiger partial charge < -0.3 is 10.1 Å². The van der Waals surface area contributed by atoms with Gasteiger partial charge in [-0.25, -0.2) is 4.98 Å². The first-order valence-electron chi connectivity index (χ1n) is 8.68. The van der Waals surface area contributed by atoms with Crippen LogP contribution in [0.3, 0.4) is 0 Å². The molecule has 25 heavy (non-hydrogen) atoms. The molecule has 0 spiro atoms. The number of methoxy groups -OCH3 is 1.